The molecule has 2 aliphatic rings. The maximum absolute atomic E-state index is 13.2. The highest BCUT2D eigenvalue weighted by Crippen LogP contribution is 2.41. The predicted octanol–water partition coefficient (Wildman–Crippen LogP) is 2.88. The third kappa shape index (κ3) is 3.07. The standard InChI is InChI=1S/C24H26N4O2/c1-26-20-10-6-5-9-19(20)21(25-26)22(29)28-16-13-24(17-28)12-15-27(23(24)30)14-11-18-7-3-2-4-8-18/h2-10H,11-17H2,1H3. The van der Waals surface area contributed by atoms with E-state index in [0.29, 0.717) is 18.8 Å². The third-order valence-electron chi connectivity index (χ3n) is 6.72. The molecule has 1 aromatic heterocycles. The quantitative estimate of drug-likeness (QED) is 0.674. The second-order valence-electron chi connectivity index (χ2n) is 8.52. The molecular formula is C24H26N4O2. The van der Waals surface area contributed by atoms with Crippen LogP contribution in [-0.2, 0) is 18.3 Å². The first-order chi connectivity index (χ1) is 14.6. The van der Waals surface area contributed by atoms with Crippen LogP contribution in [-0.4, -0.2) is 57.6 Å². The number of amides is 2. The summed E-state index contributed by atoms with van der Waals surface area (Å²) in [6.07, 6.45) is 2.43. The minimum atomic E-state index is -0.420. The zero-order valence-electron chi connectivity index (χ0n) is 17.3. The monoisotopic (exact) mass is 402 g/mol. The van der Waals surface area contributed by atoms with Gasteiger partial charge in [0.15, 0.2) is 5.69 Å². The van der Waals surface area contributed by atoms with Gasteiger partial charge in [0.05, 0.1) is 10.9 Å². The average Bonchev–Trinajstić information content (AvgIpc) is 3.45. The van der Waals surface area contributed by atoms with Crippen LogP contribution >= 0.6 is 0 Å². The van der Waals surface area contributed by atoms with Gasteiger partial charge in [0, 0.05) is 38.6 Å². The highest BCUT2D eigenvalue weighted by molar-refractivity contribution is 6.05. The Kier molecular flexibility index (Phi) is 4.57. The lowest BCUT2D eigenvalue weighted by molar-refractivity contribution is -0.135. The number of likely N-dealkylation sites (tertiary alicyclic amines) is 2. The van der Waals surface area contributed by atoms with Crippen LogP contribution in [0.25, 0.3) is 10.9 Å². The van der Waals surface area contributed by atoms with Crippen LogP contribution in [0.5, 0.6) is 0 Å². The molecule has 154 valence electrons. The number of rotatable bonds is 4. The number of fused-ring (bicyclic) bond motifs is 1. The lowest BCUT2D eigenvalue weighted by Gasteiger charge is -2.23. The number of benzene rings is 2. The molecule has 30 heavy (non-hydrogen) atoms. The summed E-state index contributed by atoms with van der Waals surface area (Å²) in [5.74, 6) is 0.138. The zero-order valence-corrected chi connectivity index (χ0v) is 17.3. The Bertz CT molecular complexity index is 1110. The van der Waals surface area contributed by atoms with Gasteiger partial charge in [-0.2, -0.15) is 5.10 Å². The Morgan fingerprint density at radius 1 is 1.03 bits per heavy atom. The van der Waals surface area contributed by atoms with Crippen LogP contribution in [0.2, 0.25) is 0 Å². The van der Waals surface area contributed by atoms with Crippen LogP contribution in [0, 0.1) is 5.41 Å². The van der Waals surface area contributed by atoms with E-state index >= 15 is 0 Å². The van der Waals surface area contributed by atoms with Crippen molar-refractivity contribution < 1.29 is 9.59 Å². The molecule has 0 aliphatic carbocycles. The first kappa shape index (κ1) is 18.9. The molecule has 0 radical (unpaired) electrons. The Labute approximate surface area is 176 Å². The first-order valence-corrected chi connectivity index (χ1v) is 10.6. The number of hydrogen-bond donors (Lipinski definition) is 0. The van der Waals surface area contributed by atoms with Crippen LogP contribution in [0.3, 0.4) is 0 Å². The van der Waals surface area contributed by atoms with Gasteiger partial charge >= 0.3 is 0 Å². The van der Waals surface area contributed by atoms with Crippen molar-refractivity contribution in [3.63, 3.8) is 0 Å². The topological polar surface area (TPSA) is 58.4 Å². The maximum Gasteiger partial charge on any atom is 0.275 e. The maximum atomic E-state index is 13.2. The number of carbonyl (C=O) groups excluding carboxylic acids is 2. The molecule has 1 atom stereocenters. The minimum Gasteiger partial charge on any atom is -0.342 e. The van der Waals surface area contributed by atoms with E-state index in [1.807, 2.05) is 59.3 Å². The zero-order chi connectivity index (χ0) is 20.7. The summed E-state index contributed by atoms with van der Waals surface area (Å²) in [5, 5.41) is 5.35. The molecule has 6 heteroatoms. The second kappa shape index (κ2) is 7.27. The van der Waals surface area contributed by atoms with Crippen LogP contribution in [0.4, 0.5) is 0 Å². The molecule has 5 rings (SSSR count). The van der Waals surface area contributed by atoms with Gasteiger partial charge in [-0.3, -0.25) is 14.3 Å². The minimum absolute atomic E-state index is 0.0702. The van der Waals surface area contributed by atoms with Gasteiger partial charge in [-0.1, -0.05) is 48.5 Å². The summed E-state index contributed by atoms with van der Waals surface area (Å²) in [6.45, 7) is 2.63. The molecule has 0 N–H and O–H groups in total. The summed E-state index contributed by atoms with van der Waals surface area (Å²) in [5.41, 5.74) is 2.25. The number of nitrogens with zero attached hydrogens (tertiary/aromatic N) is 4. The largest absolute Gasteiger partial charge is 0.342 e. The Hall–Kier alpha value is -3.15. The fourth-order valence-corrected chi connectivity index (χ4v) is 4.96. The molecule has 2 amide bonds. The van der Waals surface area contributed by atoms with Gasteiger partial charge in [0.1, 0.15) is 0 Å². The number of hydrogen-bond acceptors (Lipinski definition) is 3. The van der Waals surface area contributed by atoms with Crippen molar-refractivity contribution in [1.29, 1.82) is 0 Å². The number of aryl methyl sites for hydroxylation is 1. The SMILES string of the molecule is Cn1nc(C(=O)N2CCC3(CCN(CCc4ccccc4)C3=O)C2)c2ccccc21. The Morgan fingerprint density at radius 2 is 1.77 bits per heavy atom. The van der Waals surface area contributed by atoms with E-state index in [9.17, 15) is 9.59 Å². The summed E-state index contributed by atoms with van der Waals surface area (Å²) in [4.78, 5) is 30.3. The van der Waals surface area contributed by atoms with Gasteiger partial charge in [-0.15, -0.1) is 0 Å². The molecule has 1 spiro atoms. The van der Waals surface area contributed by atoms with E-state index < -0.39 is 5.41 Å². The smallest absolute Gasteiger partial charge is 0.275 e. The van der Waals surface area contributed by atoms with Gasteiger partial charge in [-0.05, 0) is 30.9 Å². The normalized spacial score (nSPS) is 21.3. The van der Waals surface area contributed by atoms with Gasteiger partial charge in [0.25, 0.3) is 5.91 Å². The van der Waals surface area contributed by atoms with E-state index in [-0.39, 0.29) is 11.8 Å². The average molecular weight is 402 g/mol. The van der Waals surface area contributed by atoms with E-state index in [1.54, 1.807) is 4.68 Å². The fourth-order valence-electron chi connectivity index (χ4n) is 4.96. The third-order valence-corrected chi connectivity index (χ3v) is 6.72. The van der Waals surface area contributed by atoms with E-state index in [2.05, 4.69) is 17.2 Å². The number of carbonyl (C=O) groups is 2. The molecule has 3 heterocycles. The lowest BCUT2D eigenvalue weighted by Crippen LogP contribution is -2.39. The lowest BCUT2D eigenvalue weighted by atomic mass is 9.85. The summed E-state index contributed by atoms with van der Waals surface area (Å²) in [6, 6.07) is 18.1. The van der Waals surface area contributed by atoms with E-state index in [4.69, 9.17) is 0 Å². The molecule has 1 unspecified atom stereocenters. The molecule has 2 saturated heterocycles. The van der Waals surface area contributed by atoms with Crippen LogP contribution in [0.15, 0.2) is 54.6 Å². The summed E-state index contributed by atoms with van der Waals surface area (Å²) in [7, 11) is 1.86. The van der Waals surface area contributed by atoms with E-state index in [1.165, 1.54) is 5.56 Å². The second-order valence-corrected chi connectivity index (χ2v) is 8.52. The molecule has 0 bridgehead atoms. The molecule has 3 aromatic rings. The fraction of sp³-hybridized carbons (Fsp3) is 0.375. The predicted molar refractivity (Wildman–Crippen MR) is 115 cm³/mol. The molecule has 6 nitrogen and oxygen atoms in total. The Balaban J connectivity index is 1.29. The van der Waals surface area contributed by atoms with Gasteiger partial charge < -0.3 is 9.80 Å². The molecule has 2 aromatic carbocycles. The molecular weight excluding hydrogens is 376 g/mol. The van der Waals surface area contributed by atoms with Crippen LogP contribution in [0.1, 0.15) is 28.9 Å². The van der Waals surface area contributed by atoms with Crippen molar-refractivity contribution in [2.24, 2.45) is 12.5 Å². The van der Waals surface area contributed by atoms with Gasteiger partial charge in [-0.25, -0.2) is 0 Å². The molecule has 2 fully saturated rings. The molecule has 2 aliphatic heterocycles. The highest BCUT2D eigenvalue weighted by Gasteiger charge is 2.51. The van der Waals surface area contributed by atoms with Crippen molar-refractivity contribution in [3.05, 3.63) is 65.9 Å². The van der Waals surface area contributed by atoms with Gasteiger partial charge in [0.2, 0.25) is 5.91 Å². The number of aromatic nitrogens is 2. The van der Waals surface area contributed by atoms with Crippen LogP contribution < -0.4 is 0 Å². The summed E-state index contributed by atoms with van der Waals surface area (Å²) < 4.78 is 1.75. The van der Waals surface area contributed by atoms with Crippen molar-refractivity contribution in [3.8, 4) is 0 Å². The molecule has 0 saturated carbocycles. The number of para-hydroxylation sites is 1. The van der Waals surface area contributed by atoms with Crippen molar-refractivity contribution in [2.75, 3.05) is 26.2 Å². The van der Waals surface area contributed by atoms with Crippen molar-refractivity contribution in [2.45, 2.75) is 19.3 Å². The summed E-state index contributed by atoms with van der Waals surface area (Å²) >= 11 is 0. The van der Waals surface area contributed by atoms with Crippen molar-refractivity contribution >= 4 is 22.7 Å². The van der Waals surface area contributed by atoms with E-state index in [0.717, 1.165) is 43.3 Å². The first-order valence-electron chi connectivity index (χ1n) is 10.6. The van der Waals surface area contributed by atoms with Crippen molar-refractivity contribution in [1.82, 2.24) is 19.6 Å². The Morgan fingerprint density at radius 3 is 2.60 bits per heavy atom. The highest BCUT2D eigenvalue weighted by atomic mass is 16.2.